The van der Waals surface area contributed by atoms with Gasteiger partial charge in [0.1, 0.15) is 0 Å². The topological polar surface area (TPSA) is 58.2 Å². The van der Waals surface area contributed by atoms with Crippen molar-refractivity contribution in [3.8, 4) is 0 Å². The van der Waals surface area contributed by atoms with Crippen molar-refractivity contribution in [1.82, 2.24) is 5.32 Å². The highest BCUT2D eigenvalue weighted by molar-refractivity contribution is 6.05. The molecule has 1 aromatic carbocycles. The quantitative estimate of drug-likeness (QED) is 0.875. The van der Waals surface area contributed by atoms with Gasteiger partial charge in [0.25, 0.3) is 0 Å². The number of anilines is 1. The van der Waals surface area contributed by atoms with Gasteiger partial charge in [-0.3, -0.25) is 9.59 Å². The Balaban J connectivity index is 2.17. The van der Waals surface area contributed by atoms with E-state index in [4.69, 9.17) is 0 Å². The molecule has 1 aliphatic heterocycles. The van der Waals surface area contributed by atoms with Gasteiger partial charge in [-0.25, -0.2) is 0 Å². The predicted molar refractivity (Wildman–Crippen MR) is 74.8 cm³/mol. The summed E-state index contributed by atoms with van der Waals surface area (Å²) in [6.07, 6.45) is 0. The Morgan fingerprint density at radius 1 is 1.37 bits per heavy atom. The smallest absolute Gasteiger partial charge is 0.234 e. The predicted octanol–water partition coefficient (Wildman–Crippen LogP) is 2.19. The first-order chi connectivity index (χ1) is 8.82. The lowest BCUT2D eigenvalue weighted by atomic mass is 9.85. The molecule has 0 unspecified atom stereocenters. The zero-order chi connectivity index (χ0) is 14.2. The SMILES string of the molecule is CC(C)C(=O)NCc1ccc2c(c1)C(C)(C)C(=O)N2. The molecule has 0 fully saturated rings. The maximum atomic E-state index is 11.8. The van der Waals surface area contributed by atoms with Crippen LogP contribution in [0, 0.1) is 5.92 Å². The summed E-state index contributed by atoms with van der Waals surface area (Å²) >= 11 is 0. The Morgan fingerprint density at radius 3 is 2.68 bits per heavy atom. The molecule has 0 bridgehead atoms. The zero-order valence-electron chi connectivity index (χ0n) is 11.8. The number of benzene rings is 1. The number of carbonyl (C=O) groups is 2. The number of nitrogens with one attached hydrogen (secondary N) is 2. The standard InChI is InChI=1S/C15H20N2O2/c1-9(2)13(18)16-8-10-5-6-12-11(7-10)15(3,4)14(19)17-12/h5-7,9H,8H2,1-4H3,(H,16,18)(H,17,19). The van der Waals surface area contributed by atoms with Gasteiger partial charge in [-0.2, -0.15) is 0 Å². The molecule has 0 radical (unpaired) electrons. The maximum absolute atomic E-state index is 11.8. The molecule has 1 aliphatic rings. The van der Waals surface area contributed by atoms with E-state index in [9.17, 15) is 9.59 Å². The lowest BCUT2D eigenvalue weighted by molar-refractivity contribution is -0.124. The number of carbonyl (C=O) groups excluding carboxylic acids is 2. The summed E-state index contributed by atoms with van der Waals surface area (Å²) in [5, 5.41) is 5.76. The first-order valence-electron chi connectivity index (χ1n) is 6.55. The van der Waals surface area contributed by atoms with Crippen LogP contribution in [0.4, 0.5) is 5.69 Å². The van der Waals surface area contributed by atoms with Gasteiger partial charge in [0.05, 0.1) is 5.41 Å². The van der Waals surface area contributed by atoms with Crippen molar-refractivity contribution in [2.24, 2.45) is 5.92 Å². The van der Waals surface area contributed by atoms with E-state index in [1.807, 2.05) is 45.9 Å². The summed E-state index contributed by atoms with van der Waals surface area (Å²) in [4.78, 5) is 23.4. The maximum Gasteiger partial charge on any atom is 0.234 e. The monoisotopic (exact) mass is 260 g/mol. The van der Waals surface area contributed by atoms with Crippen molar-refractivity contribution in [3.05, 3.63) is 29.3 Å². The molecular weight excluding hydrogens is 240 g/mol. The Hall–Kier alpha value is -1.84. The Morgan fingerprint density at radius 2 is 2.05 bits per heavy atom. The first kappa shape index (κ1) is 13.6. The van der Waals surface area contributed by atoms with Gasteiger partial charge in [-0.1, -0.05) is 26.0 Å². The van der Waals surface area contributed by atoms with Crippen LogP contribution in [0.1, 0.15) is 38.8 Å². The molecule has 0 saturated carbocycles. The number of amides is 2. The van der Waals surface area contributed by atoms with Crippen LogP contribution in [0.5, 0.6) is 0 Å². The van der Waals surface area contributed by atoms with E-state index in [0.29, 0.717) is 6.54 Å². The van der Waals surface area contributed by atoms with E-state index in [0.717, 1.165) is 16.8 Å². The normalized spacial score (nSPS) is 16.2. The number of fused-ring (bicyclic) bond motifs is 1. The molecule has 2 amide bonds. The van der Waals surface area contributed by atoms with Crippen LogP contribution in [0.3, 0.4) is 0 Å². The Labute approximate surface area is 113 Å². The summed E-state index contributed by atoms with van der Waals surface area (Å²) in [6.45, 7) is 8.04. The molecule has 4 heteroatoms. The average molecular weight is 260 g/mol. The molecule has 0 saturated heterocycles. The van der Waals surface area contributed by atoms with Gasteiger partial charge in [0.15, 0.2) is 0 Å². The van der Waals surface area contributed by atoms with Crippen molar-refractivity contribution in [2.45, 2.75) is 39.7 Å². The second-order valence-electron chi connectivity index (χ2n) is 5.83. The number of rotatable bonds is 3. The van der Waals surface area contributed by atoms with E-state index in [1.165, 1.54) is 0 Å². The molecule has 0 aliphatic carbocycles. The minimum atomic E-state index is -0.507. The molecule has 0 spiro atoms. The van der Waals surface area contributed by atoms with E-state index in [-0.39, 0.29) is 17.7 Å². The van der Waals surface area contributed by atoms with Crippen LogP contribution in [0.15, 0.2) is 18.2 Å². The van der Waals surface area contributed by atoms with Crippen molar-refractivity contribution >= 4 is 17.5 Å². The van der Waals surface area contributed by atoms with Gasteiger partial charge in [-0.05, 0) is 31.0 Å². The van der Waals surface area contributed by atoms with E-state index >= 15 is 0 Å². The van der Waals surface area contributed by atoms with Gasteiger partial charge < -0.3 is 10.6 Å². The fourth-order valence-corrected chi connectivity index (χ4v) is 2.12. The molecule has 2 N–H and O–H groups in total. The van der Waals surface area contributed by atoms with Crippen LogP contribution in [0.25, 0.3) is 0 Å². The summed E-state index contributed by atoms with van der Waals surface area (Å²) < 4.78 is 0. The summed E-state index contributed by atoms with van der Waals surface area (Å²) in [6, 6.07) is 5.83. The second-order valence-corrected chi connectivity index (χ2v) is 5.83. The third-order valence-electron chi connectivity index (χ3n) is 3.56. The van der Waals surface area contributed by atoms with Crippen molar-refractivity contribution in [1.29, 1.82) is 0 Å². The van der Waals surface area contributed by atoms with Crippen molar-refractivity contribution in [3.63, 3.8) is 0 Å². The van der Waals surface area contributed by atoms with Crippen LogP contribution in [0.2, 0.25) is 0 Å². The summed E-state index contributed by atoms with van der Waals surface area (Å²) in [7, 11) is 0. The molecule has 0 atom stereocenters. The lowest BCUT2D eigenvalue weighted by Gasteiger charge is -2.16. The molecule has 2 rings (SSSR count). The van der Waals surface area contributed by atoms with E-state index in [1.54, 1.807) is 0 Å². The molecule has 1 heterocycles. The highest BCUT2D eigenvalue weighted by Gasteiger charge is 2.38. The first-order valence-corrected chi connectivity index (χ1v) is 6.55. The highest BCUT2D eigenvalue weighted by atomic mass is 16.2. The summed E-state index contributed by atoms with van der Waals surface area (Å²) in [5.41, 5.74) is 2.37. The Kier molecular flexibility index (Phi) is 3.35. The van der Waals surface area contributed by atoms with Crippen LogP contribution < -0.4 is 10.6 Å². The largest absolute Gasteiger partial charge is 0.352 e. The zero-order valence-corrected chi connectivity index (χ0v) is 11.8. The third-order valence-corrected chi connectivity index (χ3v) is 3.56. The lowest BCUT2D eigenvalue weighted by Crippen LogP contribution is -2.28. The molecule has 102 valence electrons. The minimum absolute atomic E-state index is 0.0193. The molecule has 4 nitrogen and oxygen atoms in total. The van der Waals surface area contributed by atoms with E-state index < -0.39 is 5.41 Å². The molecule has 19 heavy (non-hydrogen) atoms. The van der Waals surface area contributed by atoms with Crippen molar-refractivity contribution < 1.29 is 9.59 Å². The van der Waals surface area contributed by atoms with Crippen LogP contribution in [-0.4, -0.2) is 11.8 Å². The van der Waals surface area contributed by atoms with Gasteiger partial charge in [0.2, 0.25) is 11.8 Å². The fraction of sp³-hybridized carbons (Fsp3) is 0.467. The molecule has 1 aromatic rings. The molecule has 0 aromatic heterocycles. The van der Waals surface area contributed by atoms with Gasteiger partial charge >= 0.3 is 0 Å². The third kappa shape index (κ3) is 2.48. The van der Waals surface area contributed by atoms with Crippen LogP contribution >= 0.6 is 0 Å². The second kappa shape index (κ2) is 4.68. The van der Waals surface area contributed by atoms with Crippen LogP contribution in [-0.2, 0) is 21.5 Å². The van der Waals surface area contributed by atoms with E-state index in [2.05, 4.69) is 10.6 Å². The average Bonchev–Trinajstić information content (AvgIpc) is 2.57. The fourth-order valence-electron chi connectivity index (χ4n) is 2.12. The minimum Gasteiger partial charge on any atom is -0.352 e. The number of hydrogen-bond donors (Lipinski definition) is 2. The Bertz CT molecular complexity index is 533. The number of hydrogen-bond acceptors (Lipinski definition) is 2. The van der Waals surface area contributed by atoms with Crippen molar-refractivity contribution in [2.75, 3.05) is 5.32 Å². The van der Waals surface area contributed by atoms with Gasteiger partial charge in [-0.15, -0.1) is 0 Å². The summed E-state index contributed by atoms with van der Waals surface area (Å²) in [5.74, 6) is 0.0361. The molecular formula is C15H20N2O2. The van der Waals surface area contributed by atoms with Gasteiger partial charge in [0, 0.05) is 18.2 Å². The highest BCUT2D eigenvalue weighted by Crippen LogP contribution is 2.37.